The number of ether oxygens (including phenoxy) is 1. The van der Waals surface area contributed by atoms with Crippen molar-refractivity contribution in [3.63, 3.8) is 0 Å². The molecule has 0 N–H and O–H groups in total. The second-order valence-corrected chi connectivity index (χ2v) is 5.19. The van der Waals surface area contributed by atoms with Crippen molar-refractivity contribution in [2.24, 2.45) is 0 Å². The van der Waals surface area contributed by atoms with Gasteiger partial charge in [0.05, 0.1) is 12.2 Å². The van der Waals surface area contributed by atoms with Gasteiger partial charge in [0, 0.05) is 10.9 Å². The first kappa shape index (κ1) is 16.6. The number of para-hydroxylation sites is 1. The lowest BCUT2D eigenvalue weighted by molar-refractivity contribution is 0.0519. The van der Waals surface area contributed by atoms with Gasteiger partial charge >= 0.3 is 11.6 Å². The molecule has 3 rings (SSSR count). The van der Waals surface area contributed by atoms with Crippen molar-refractivity contribution < 1.29 is 23.1 Å². The summed E-state index contributed by atoms with van der Waals surface area (Å²) in [6.07, 6.45) is 0. The minimum absolute atomic E-state index is 0.0370. The van der Waals surface area contributed by atoms with Crippen LogP contribution in [0.4, 0.5) is 4.39 Å². The van der Waals surface area contributed by atoms with Gasteiger partial charge in [-0.25, -0.2) is 14.0 Å². The summed E-state index contributed by atoms with van der Waals surface area (Å²) in [7, 11) is 0. The molecule has 0 radical (unpaired) electrons. The zero-order valence-corrected chi connectivity index (χ0v) is 13.2. The fraction of sp³-hybridized carbons (Fsp3) is 0.105. The quantitative estimate of drug-likeness (QED) is 0.414. The zero-order chi connectivity index (χ0) is 18.0. The number of carbonyl (C=O) groups excluding carboxylic acids is 2. The van der Waals surface area contributed by atoms with Gasteiger partial charge in [-0.05, 0) is 37.3 Å². The van der Waals surface area contributed by atoms with Crippen molar-refractivity contribution in [3.05, 3.63) is 81.5 Å². The number of rotatable bonds is 4. The van der Waals surface area contributed by atoms with Gasteiger partial charge in [0.25, 0.3) is 0 Å². The van der Waals surface area contributed by atoms with Crippen molar-refractivity contribution in [2.75, 3.05) is 6.61 Å². The predicted octanol–water partition coefficient (Wildman–Crippen LogP) is 3.34. The van der Waals surface area contributed by atoms with E-state index in [-0.39, 0.29) is 23.3 Å². The summed E-state index contributed by atoms with van der Waals surface area (Å²) in [6.45, 7) is 1.62. The monoisotopic (exact) mass is 340 g/mol. The maximum atomic E-state index is 13.1. The Morgan fingerprint density at radius 3 is 2.40 bits per heavy atom. The number of fused-ring (bicyclic) bond motifs is 1. The van der Waals surface area contributed by atoms with Gasteiger partial charge in [0.1, 0.15) is 11.4 Å². The minimum atomic E-state index is -0.956. The Morgan fingerprint density at radius 2 is 1.72 bits per heavy atom. The third-order valence-corrected chi connectivity index (χ3v) is 3.63. The molecule has 2 aromatic carbocycles. The number of benzene rings is 2. The van der Waals surface area contributed by atoms with Gasteiger partial charge in [-0.1, -0.05) is 18.2 Å². The summed E-state index contributed by atoms with van der Waals surface area (Å²) in [6, 6.07) is 11.2. The zero-order valence-electron chi connectivity index (χ0n) is 13.2. The molecule has 0 unspecified atom stereocenters. The van der Waals surface area contributed by atoms with E-state index in [2.05, 4.69) is 0 Å². The van der Waals surface area contributed by atoms with Gasteiger partial charge in [-0.2, -0.15) is 0 Å². The molecule has 0 aliphatic carbocycles. The molecule has 1 aromatic heterocycles. The fourth-order valence-electron chi connectivity index (χ4n) is 2.52. The standard InChI is InChI=1S/C19H13FO5/c1-2-24-18(22)16-15(17(21)11-7-9-12(20)10-8-11)13-5-3-4-6-14(13)25-19(16)23/h3-10H,2H2,1H3. The van der Waals surface area contributed by atoms with Crippen LogP contribution in [0, 0.1) is 5.82 Å². The van der Waals surface area contributed by atoms with Gasteiger partial charge in [-0.15, -0.1) is 0 Å². The van der Waals surface area contributed by atoms with Gasteiger partial charge in [0.2, 0.25) is 0 Å². The van der Waals surface area contributed by atoms with E-state index in [9.17, 15) is 18.8 Å². The number of esters is 1. The predicted molar refractivity (Wildman–Crippen MR) is 88.3 cm³/mol. The SMILES string of the molecule is CCOC(=O)c1c(C(=O)c2ccc(F)cc2)c2ccccc2oc1=O. The molecule has 0 aliphatic rings. The van der Waals surface area contributed by atoms with Crippen molar-refractivity contribution in [1.82, 2.24) is 0 Å². The van der Waals surface area contributed by atoms with Crippen LogP contribution in [0.1, 0.15) is 33.2 Å². The Kier molecular flexibility index (Phi) is 4.43. The topological polar surface area (TPSA) is 73.6 Å². The Hall–Kier alpha value is -3.28. The lowest BCUT2D eigenvalue weighted by Crippen LogP contribution is -2.22. The number of carbonyl (C=O) groups is 2. The van der Waals surface area contributed by atoms with Crippen molar-refractivity contribution in [1.29, 1.82) is 0 Å². The number of hydrogen-bond donors (Lipinski definition) is 0. The second kappa shape index (κ2) is 6.68. The first-order chi connectivity index (χ1) is 12.0. The summed E-state index contributed by atoms with van der Waals surface area (Å²) >= 11 is 0. The summed E-state index contributed by atoms with van der Waals surface area (Å²) in [4.78, 5) is 37.4. The van der Waals surface area contributed by atoms with E-state index in [1.54, 1.807) is 25.1 Å². The Bertz CT molecular complexity index is 1020. The van der Waals surface area contributed by atoms with E-state index in [1.165, 1.54) is 18.2 Å². The Morgan fingerprint density at radius 1 is 1.04 bits per heavy atom. The first-order valence-corrected chi connectivity index (χ1v) is 7.56. The van der Waals surface area contributed by atoms with Crippen LogP contribution in [-0.2, 0) is 4.74 Å². The van der Waals surface area contributed by atoms with Gasteiger partial charge < -0.3 is 9.15 Å². The highest BCUT2D eigenvalue weighted by Crippen LogP contribution is 2.24. The van der Waals surface area contributed by atoms with E-state index < -0.39 is 28.8 Å². The highest BCUT2D eigenvalue weighted by Gasteiger charge is 2.27. The van der Waals surface area contributed by atoms with E-state index in [0.717, 1.165) is 12.1 Å². The van der Waals surface area contributed by atoms with Crippen LogP contribution in [0.15, 0.2) is 57.7 Å². The van der Waals surface area contributed by atoms with E-state index in [1.807, 2.05) is 0 Å². The summed E-state index contributed by atoms with van der Waals surface area (Å²) < 4.78 is 23.2. The number of halogens is 1. The van der Waals surface area contributed by atoms with Crippen molar-refractivity contribution in [3.8, 4) is 0 Å². The maximum Gasteiger partial charge on any atom is 0.351 e. The maximum absolute atomic E-state index is 13.1. The molecule has 25 heavy (non-hydrogen) atoms. The molecule has 0 aliphatic heterocycles. The van der Waals surface area contributed by atoms with E-state index >= 15 is 0 Å². The Labute approximate surface area is 141 Å². The number of hydrogen-bond acceptors (Lipinski definition) is 5. The van der Waals surface area contributed by atoms with Crippen LogP contribution in [0.25, 0.3) is 11.0 Å². The fourth-order valence-corrected chi connectivity index (χ4v) is 2.52. The lowest BCUT2D eigenvalue weighted by Gasteiger charge is -2.10. The van der Waals surface area contributed by atoms with Crippen LogP contribution in [0.5, 0.6) is 0 Å². The van der Waals surface area contributed by atoms with Crippen molar-refractivity contribution in [2.45, 2.75) is 6.92 Å². The molecule has 6 heteroatoms. The average molecular weight is 340 g/mol. The summed E-state index contributed by atoms with van der Waals surface area (Å²) in [5.74, 6) is -2.03. The molecule has 126 valence electrons. The largest absolute Gasteiger partial charge is 0.462 e. The third kappa shape index (κ3) is 3.06. The Balaban J connectivity index is 2.31. The van der Waals surface area contributed by atoms with Crippen LogP contribution >= 0.6 is 0 Å². The van der Waals surface area contributed by atoms with Crippen LogP contribution in [0.2, 0.25) is 0 Å². The van der Waals surface area contributed by atoms with Crippen LogP contribution in [0.3, 0.4) is 0 Å². The van der Waals surface area contributed by atoms with E-state index in [4.69, 9.17) is 9.15 Å². The number of ketones is 1. The van der Waals surface area contributed by atoms with Crippen molar-refractivity contribution >= 4 is 22.7 Å². The average Bonchev–Trinajstić information content (AvgIpc) is 2.60. The highest BCUT2D eigenvalue weighted by molar-refractivity contribution is 6.20. The smallest absolute Gasteiger partial charge is 0.351 e. The van der Waals surface area contributed by atoms with Crippen LogP contribution in [-0.4, -0.2) is 18.4 Å². The molecule has 0 atom stereocenters. The molecular weight excluding hydrogens is 327 g/mol. The molecule has 0 amide bonds. The molecule has 5 nitrogen and oxygen atoms in total. The summed E-state index contributed by atoms with van der Waals surface area (Å²) in [5, 5.41) is 0.305. The lowest BCUT2D eigenvalue weighted by atomic mass is 9.96. The minimum Gasteiger partial charge on any atom is -0.462 e. The highest BCUT2D eigenvalue weighted by atomic mass is 19.1. The summed E-state index contributed by atoms with van der Waals surface area (Å²) in [5.41, 5.74) is -1.22. The van der Waals surface area contributed by atoms with Gasteiger partial charge in [-0.3, -0.25) is 4.79 Å². The molecule has 1 heterocycles. The van der Waals surface area contributed by atoms with Crippen LogP contribution < -0.4 is 5.63 Å². The van der Waals surface area contributed by atoms with E-state index in [0.29, 0.717) is 5.39 Å². The second-order valence-electron chi connectivity index (χ2n) is 5.19. The molecule has 0 fully saturated rings. The molecule has 0 saturated carbocycles. The molecule has 3 aromatic rings. The first-order valence-electron chi connectivity index (χ1n) is 7.56. The normalized spacial score (nSPS) is 10.6. The molecule has 0 bridgehead atoms. The molecule has 0 spiro atoms. The molecule has 0 saturated heterocycles. The van der Waals surface area contributed by atoms with Gasteiger partial charge in [0.15, 0.2) is 11.3 Å². The molecular formula is C19H13FO5. The third-order valence-electron chi connectivity index (χ3n) is 3.63.